The number of nitrogens with two attached hydrogens (primary N) is 1. The second-order valence-electron chi connectivity index (χ2n) is 3.22. The quantitative estimate of drug-likeness (QED) is 0.587. The second-order valence-corrected chi connectivity index (χ2v) is 3.22. The molecule has 3 nitrogen and oxygen atoms in total. The largest absolute Gasteiger partial charge is 0.322 e. The average Bonchev–Trinajstić information content (AvgIpc) is 2.05. The maximum absolute atomic E-state index is 11.3. The SMILES string of the molecule is CC(N)C(=O)C1CCNCC1. The van der Waals surface area contributed by atoms with Crippen LogP contribution in [0.1, 0.15) is 19.8 Å². The zero-order valence-electron chi connectivity index (χ0n) is 6.97. The van der Waals surface area contributed by atoms with E-state index in [1.807, 2.05) is 0 Å². The molecule has 1 aliphatic rings. The van der Waals surface area contributed by atoms with E-state index >= 15 is 0 Å². The van der Waals surface area contributed by atoms with Crippen molar-refractivity contribution in [1.29, 1.82) is 0 Å². The number of Topliss-reactive ketones (excluding diaryl/α,β-unsaturated/α-hetero) is 1. The normalized spacial score (nSPS) is 23.1. The van der Waals surface area contributed by atoms with E-state index in [0.717, 1.165) is 25.9 Å². The smallest absolute Gasteiger partial charge is 0.152 e. The Hall–Kier alpha value is -0.410. The third kappa shape index (κ3) is 2.27. The molecule has 1 saturated heterocycles. The van der Waals surface area contributed by atoms with Gasteiger partial charge in [-0.25, -0.2) is 0 Å². The van der Waals surface area contributed by atoms with Gasteiger partial charge in [0, 0.05) is 5.92 Å². The molecule has 64 valence electrons. The van der Waals surface area contributed by atoms with Crippen molar-refractivity contribution < 1.29 is 4.79 Å². The minimum atomic E-state index is -0.280. The Labute approximate surface area is 67.3 Å². The third-order valence-electron chi connectivity index (χ3n) is 2.19. The molecule has 1 rings (SSSR count). The minimum Gasteiger partial charge on any atom is -0.322 e. The summed E-state index contributed by atoms with van der Waals surface area (Å²) in [5, 5.41) is 3.22. The summed E-state index contributed by atoms with van der Waals surface area (Å²) >= 11 is 0. The summed E-state index contributed by atoms with van der Waals surface area (Å²) in [6.07, 6.45) is 1.92. The molecule has 0 amide bonds. The average molecular weight is 156 g/mol. The Morgan fingerprint density at radius 1 is 1.55 bits per heavy atom. The Balaban J connectivity index is 2.39. The van der Waals surface area contributed by atoms with E-state index in [2.05, 4.69) is 5.32 Å². The van der Waals surface area contributed by atoms with Crippen LogP contribution in [0.15, 0.2) is 0 Å². The van der Waals surface area contributed by atoms with Gasteiger partial charge >= 0.3 is 0 Å². The highest BCUT2D eigenvalue weighted by atomic mass is 16.1. The lowest BCUT2D eigenvalue weighted by atomic mass is 9.90. The van der Waals surface area contributed by atoms with E-state index in [9.17, 15) is 4.79 Å². The van der Waals surface area contributed by atoms with E-state index < -0.39 is 0 Å². The molecule has 1 atom stereocenters. The number of ketones is 1. The van der Waals surface area contributed by atoms with Crippen LogP contribution in [0.5, 0.6) is 0 Å². The molecular weight excluding hydrogens is 140 g/mol. The molecule has 0 aliphatic carbocycles. The fraction of sp³-hybridized carbons (Fsp3) is 0.875. The number of carbonyl (C=O) groups is 1. The van der Waals surface area contributed by atoms with Crippen molar-refractivity contribution in [2.75, 3.05) is 13.1 Å². The first-order chi connectivity index (χ1) is 5.22. The van der Waals surface area contributed by atoms with Crippen LogP contribution in [-0.4, -0.2) is 24.9 Å². The Bertz CT molecular complexity index is 139. The summed E-state index contributed by atoms with van der Waals surface area (Å²) < 4.78 is 0. The monoisotopic (exact) mass is 156 g/mol. The van der Waals surface area contributed by atoms with Crippen LogP contribution in [0, 0.1) is 5.92 Å². The number of rotatable bonds is 2. The van der Waals surface area contributed by atoms with Gasteiger partial charge in [0.15, 0.2) is 5.78 Å². The summed E-state index contributed by atoms with van der Waals surface area (Å²) in [5.74, 6) is 0.447. The molecule has 0 bridgehead atoms. The van der Waals surface area contributed by atoms with Gasteiger partial charge in [-0.05, 0) is 32.9 Å². The van der Waals surface area contributed by atoms with Crippen molar-refractivity contribution in [1.82, 2.24) is 5.32 Å². The fourth-order valence-electron chi connectivity index (χ4n) is 1.48. The van der Waals surface area contributed by atoms with Gasteiger partial charge in [-0.1, -0.05) is 0 Å². The van der Waals surface area contributed by atoms with Crippen LogP contribution in [-0.2, 0) is 4.79 Å². The highest BCUT2D eigenvalue weighted by Crippen LogP contribution is 2.13. The van der Waals surface area contributed by atoms with Crippen LogP contribution < -0.4 is 11.1 Å². The summed E-state index contributed by atoms with van der Waals surface area (Å²) in [6, 6.07) is -0.280. The van der Waals surface area contributed by atoms with Crippen molar-refractivity contribution in [3.05, 3.63) is 0 Å². The molecule has 1 unspecified atom stereocenters. The third-order valence-corrected chi connectivity index (χ3v) is 2.19. The van der Waals surface area contributed by atoms with Gasteiger partial charge in [0.05, 0.1) is 6.04 Å². The number of hydrogen-bond donors (Lipinski definition) is 2. The van der Waals surface area contributed by atoms with Crippen molar-refractivity contribution in [3.8, 4) is 0 Å². The van der Waals surface area contributed by atoms with Gasteiger partial charge in [0.2, 0.25) is 0 Å². The Morgan fingerprint density at radius 3 is 2.55 bits per heavy atom. The minimum absolute atomic E-state index is 0.219. The van der Waals surface area contributed by atoms with Gasteiger partial charge < -0.3 is 11.1 Å². The number of hydrogen-bond acceptors (Lipinski definition) is 3. The topological polar surface area (TPSA) is 55.1 Å². The summed E-state index contributed by atoms with van der Waals surface area (Å²) in [5.41, 5.74) is 5.50. The zero-order chi connectivity index (χ0) is 8.27. The van der Waals surface area contributed by atoms with E-state index in [1.54, 1.807) is 6.92 Å². The number of nitrogens with one attached hydrogen (secondary N) is 1. The van der Waals surface area contributed by atoms with E-state index in [-0.39, 0.29) is 17.7 Å². The van der Waals surface area contributed by atoms with Crippen molar-refractivity contribution in [3.63, 3.8) is 0 Å². The van der Waals surface area contributed by atoms with Crippen molar-refractivity contribution >= 4 is 5.78 Å². The zero-order valence-corrected chi connectivity index (χ0v) is 6.97. The molecule has 0 aromatic carbocycles. The summed E-state index contributed by atoms with van der Waals surface area (Å²) in [6.45, 7) is 3.69. The fourth-order valence-corrected chi connectivity index (χ4v) is 1.48. The molecule has 1 fully saturated rings. The van der Waals surface area contributed by atoms with E-state index in [0.29, 0.717) is 0 Å². The maximum Gasteiger partial charge on any atom is 0.152 e. The van der Waals surface area contributed by atoms with Crippen molar-refractivity contribution in [2.45, 2.75) is 25.8 Å². The lowest BCUT2D eigenvalue weighted by molar-refractivity contribution is -0.124. The van der Waals surface area contributed by atoms with Crippen LogP contribution in [0.25, 0.3) is 0 Å². The number of piperidine rings is 1. The Morgan fingerprint density at radius 2 is 2.09 bits per heavy atom. The lowest BCUT2D eigenvalue weighted by Gasteiger charge is -2.22. The van der Waals surface area contributed by atoms with Crippen LogP contribution in [0.3, 0.4) is 0 Å². The van der Waals surface area contributed by atoms with Gasteiger partial charge in [0.25, 0.3) is 0 Å². The van der Waals surface area contributed by atoms with Gasteiger partial charge in [-0.15, -0.1) is 0 Å². The highest BCUT2D eigenvalue weighted by Gasteiger charge is 2.22. The molecule has 11 heavy (non-hydrogen) atoms. The van der Waals surface area contributed by atoms with Crippen molar-refractivity contribution in [2.24, 2.45) is 11.7 Å². The molecule has 1 aliphatic heterocycles. The predicted molar refractivity (Wildman–Crippen MR) is 44.3 cm³/mol. The molecule has 0 spiro atoms. The second kappa shape index (κ2) is 3.83. The van der Waals surface area contributed by atoms with Gasteiger partial charge in [-0.2, -0.15) is 0 Å². The summed E-state index contributed by atoms with van der Waals surface area (Å²) in [7, 11) is 0. The molecule has 0 saturated carbocycles. The van der Waals surface area contributed by atoms with E-state index in [1.165, 1.54) is 0 Å². The van der Waals surface area contributed by atoms with Gasteiger partial charge in [0.1, 0.15) is 0 Å². The van der Waals surface area contributed by atoms with Crippen LogP contribution >= 0.6 is 0 Å². The maximum atomic E-state index is 11.3. The molecule has 0 radical (unpaired) electrons. The molecule has 3 N–H and O–H groups in total. The molecule has 1 heterocycles. The first kappa shape index (κ1) is 8.68. The highest BCUT2D eigenvalue weighted by molar-refractivity contribution is 5.85. The predicted octanol–water partition coefficient (Wildman–Crippen LogP) is -0.0977. The molecule has 3 heteroatoms. The Kier molecular flexibility index (Phi) is 3.02. The van der Waals surface area contributed by atoms with Crippen LogP contribution in [0.2, 0.25) is 0 Å². The summed E-state index contributed by atoms with van der Waals surface area (Å²) in [4.78, 5) is 11.3. The first-order valence-corrected chi connectivity index (χ1v) is 4.22. The number of carbonyl (C=O) groups excluding carboxylic acids is 1. The molecule has 0 aromatic heterocycles. The van der Waals surface area contributed by atoms with Gasteiger partial charge in [-0.3, -0.25) is 4.79 Å². The molecular formula is C8H16N2O. The first-order valence-electron chi connectivity index (χ1n) is 4.22. The standard InChI is InChI=1S/C8H16N2O/c1-6(9)8(11)7-2-4-10-5-3-7/h6-7,10H,2-5,9H2,1H3. The van der Waals surface area contributed by atoms with Crippen LogP contribution in [0.4, 0.5) is 0 Å². The molecule has 0 aromatic rings. The van der Waals surface area contributed by atoms with E-state index in [4.69, 9.17) is 5.73 Å². The lowest BCUT2D eigenvalue weighted by Crippen LogP contribution is -2.38.